The summed E-state index contributed by atoms with van der Waals surface area (Å²) in [5.74, 6) is 1.21. The summed E-state index contributed by atoms with van der Waals surface area (Å²) in [6.07, 6.45) is 9.33. The van der Waals surface area contributed by atoms with Gasteiger partial charge in [0.2, 0.25) is 0 Å². The van der Waals surface area contributed by atoms with Gasteiger partial charge in [-0.15, -0.1) is 0 Å². The molecule has 7 aromatic carbocycles. The summed E-state index contributed by atoms with van der Waals surface area (Å²) < 4.78 is 8.91. The van der Waals surface area contributed by atoms with Gasteiger partial charge in [-0.25, -0.2) is 4.99 Å². The first-order valence-corrected chi connectivity index (χ1v) is 19.4. The largest absolute Gasteiger partial charge is 0.455 e. The number of aromatic nitrogens is 1. The number of aliphatic imine (C=N–C) groups is 1. The number of para-hydroxylation sites is 2. The van der Waals surface area contributed by atoms with Crippen LogP contribution in [0.1, 0.15) is 29.9 Å². The molecule has 0 spiro atoms. The van der Waals surface area contributed by atoms with E-state index in [4.69, 9.17) is 9.41 Å². The number of rotatable bonds is 6. The van der Waals surface area contributed by atoms with Crippen LogP contribution in [0.4, 0.5) is 0 Å². The SMILES string of the molecule is C1=CCC(C2=NC(c3cccc(-n4c5ccc(-c6ccccc6)cc5c5cc(-c6cccc7c6oc6ccccc67)ccc54)c3)NC(c3ccccc3)N2)C=C1. The lowest BCUT2D eigenvalue weighted by atomic mass is 9.97. The van der Waals surface area contributed by atoms with E-state index >= 15 is 0 Å². The standard InChI is InChI=1S/C51H38N4O/c1-4-14-33(15-5-1)36-26-28-45-43(31-36)44-32-37(40-23-13-24-42-41-22-10-11-25-47(41)56-48(40)42)27-29-46(44)55(45)39-21-12-20-38(30-39)51-53-49(34-16-6-2-7-17-34)52-50(54-51)35-18-8-3-9-19-35/h1-18,20-32,35,49,51,53H,19H2,(H,52,54). The van der Waals surface area contributed by atoms with Gasteiger partial charge in [0.25, 0.3) is 0 Å². The molecule has 1 aliphatic carbocycles. The fraction of sp³-hybridized carbons (Fsp3) is 0.0784. The van der Waals surface area contributed by atoms with Gasteiger partial charge in [0, 0.05) is 38.7 Å². The first kappa shape index (κ1) is 32.5. The van der Waals surface area contributed by atoms with E-state index in [-0.39, 0.29) is 18.2 Å². The molecule has 0 radical (unpaired) electrons. The summed E-state index contributed by atoms with van der Waals surface area (Å²) >= 11 is 0. The number of amidine groups is 1. The predicted octanol–water partition coefficient (Wildman–Crippen LogP) is 12.4. The Balaban J connectivity index is 1.07. The molecule has 3 unspecified atom stereocenters. The topological polar surface area (TPSA) is 54.5 Å². The van der Waals surface area contributed by atoms with E-state index in [0.717, 1.165) is 67.6 Å². The molecule has 5 nitrogen and oxygen atoms in total. The van der Waals surface area contributed by atoms with Crippen molar-refractivity contribution in [1.29, 1.82) is 0 Å². The van der Waals surface area contributed by atoms with Gasteiger partial charge in [-0.1, -0.05) is 146 Å². The highest BCUT2D eigenvalue weighted by Crippen LogP contribution is 2.41. The minimum absolute atomic E-state index is 0.0732. The summed E-state index contributed by atoms with van der Waals surface area (Å²) in [5, 5.41) is 12.2. The monoisotopic (exact) mass is 722 g/mol. The Kier molecular flexibility index (Phi) is 7.78. The number of nitrogens with one attached hydrogen (secondary N) is 2. The number of hydrogen-bond acceptors (Lipinski definition) is 4. The number of furan rings is 1. The molecule has 11 rings (SSSR count). The van der Waals surface area contributed by atoms with Crippen LogP contribution in [0.25, 0.3) is 71.7 Å². The molecule has 2 aromatic heterocycles. The van der Waals surface area contributed by atoms with E-state index in [2.05, 4.69) is 191 Å². The van der Waals surface area contributed by atoms with Crippen molar-refractivity contribution in [3.05, 3.63) is 199 Å². The van der Waals surface area contributed by atoms with Crippen LogP contribution in [0, 0.1) is 5.92 Å². The lowest BCUT2D eigenvalue weighted by Gasteiger charge is -2.34. The molecule has 268 valence electrons. The number of allylic oxidation sites excluding steroid dienone is 3. The highest BCUT2D eigenvalue weighted by molar-refractivity contribution is 6.14. The van der Waals surface area contributed by atoms with E-state index in [1.165, 1.54) is 27.5 Å². The molecule has 0 bridgehead atoms. The minimum Gasteiger partial charge on any atom is -0.455 e. The Hall–Kier alpha value is -6.95. The van der Waals surface area contributed by atoms with E-state index in [1.807, 2.05) is 12.1 Å². The van der Waals surface area contributed by atoms with Gasteiger partial charge in [0.1, 0.15) is 29.3 Å². The van der Waals surface area contributed by atoms with Crippen LogP contribution < -0.4 is 10.6 Å². The highest BCUT2D eigenvalue weighted by atomic mass is 16.3. The zero-order valence-corrected chi connectivity index (χ0v) is 30.6. The molecule has 2 N–H and O–H groups in total. The summed E-state index contributed by atoms with van der Waals surface area (Å²) in [6.45, 7) is 0. The van der Waals surface area contributed by atoms with Crippen LogP contribution in [-0.2, 0) is 0 Å². The van der Waals surface area contributed by atoms with E-state index in [1.54, 1.807) is 0 Å². The fourth-order valence-corrected chi connectivity index (χ4v) is 8.63. The normalized spacial score (nSPS) is 18.1. The third kappa shape index (κ3) is 5.55. The van der Waals surface area contributed by atoms with Crippen LogP contribution in [0.15, 0.2) is 198 Å². The van der Waals surface area contributed by atoms with Gasteiger partial charge in [-0.05, 0) is 76.7 Å². The average Bonchev–Trinajstić information content (AvgIpc) is 3.82. The summed E-state index contributed by atoms with van der Waals surface area (Å²) in [7, 11) is 0. The molecule has 0 saturated carbocycles. The summed E-state index contributed by atoms with van der Waals surface area (Å²) in [5.41, 5.74) is 12.1. The lowest BCUT2D eigenvalue weighted by molar-refractivity contribution is 0.399. The molecule has 3 atom stereocenters. The molecule has 9 aromatic rings. The van der Waals surface area contributed by atoms with Crippen molar-refractivity contribution in [1.82, 2.24) is 15.2 Å². The Bertz CT molecular complexity index is 3020. The maximum Gasteiger partial charge on any atom is 0.143 e. The maximum absolute atomic E-state index is 6.51. The second kappa shape index (κ2) is 13.4. The zero-order valence-electron chi connectivity index (χ0n) is 30.6. The highest BCUT2D eigenvalue weighted by Gasteiger charge is 2.28. The molecule has 5 heteroatoms. The summed E-state index contributed by atoms with van der Waals surface area (Å²) in [4.78, 5) is 5.32. The summed E-state index contributed by atoms with van der Waals surface area (Å²) in [6, 6.07) is 58.6. The Morgan fingerprint density at radius 3 is 2.11 bits per heavy atom. The van der Waals surface area contributed by atoms with Crippen LogP contribution in [-0.4, -0.2) is 10.4 Å². The Morgan fingerprint density at radius 1 is 0.571 bits per heavy atom. The zero-order chi connectivity index (χ0) is 37.0. The van der Waals surface area contributed by atoms with Crippen molar-refractivity contribution in [2.75, 3.05) is 0 Å². The molecule has 3 heterocycles. The number of nitrogens with zero attached hydrogens (tertiary/aromatic N) is 2. The van der Waals surface area contributed by atoms with E-state index in [9.17, 15) is 0 Å². The number of fused-ring (bicyclic) bond motifs is 6. The Morgan fingerprint density at radius 2 is 1.29 bits per heavy atom. The molecule has 56 heavy (non-hydrogen) atoms. The third-order valence-corrected chi connectivity index (χ3v) is 11.4. The fourth-order valence-electron chi connectivity index (χ4n) is 8.63. The van der Waals surface area contributed by atoms with Crippen molar-refractivity contribution in [2.24, 2.45) is 10.9 Å². The molecule has 0 amide bonds. The molecule has 2 aliphatic rings. The van der Waals surface area contributed by atoms with Crippen LogP contribution in [0.5, 0.6) is 0 Å². The van der Waals surface area contributed by atoms with Crippen molar-refractivity contribution in [2.45, 2.75) is 18.8 Å². The first-order chi connectivity index (χ1) is 27.7. The van der Waals surface area contributed by atoms with Crippen molar-refractivity contribution in [3.8, 4) is 27.9 Å². The average molecular weight is 723 g/mol. The van der Waals surface area contributed by atoms with Gasteiger partial charge in [0.05, 0.1) is 11.0 Å². The molecular formula is C51H38N4O. The van der Waals surface area contributed by atoms with Crippen LogP contribution >= 0.6 is 0 Å². The number of hydrogen-bond donors (Lipinski definition) is 2. The number of benzene rings is 7. The van der Waals surface area contributed by atoms with Crippen molar-refractivity contribution in [3.63, 3.8) is 0 Å². The third-order valence-electron chi connectivity index (χ3n) is 11.4. The maximum atomic E-state index is 6.51. The van der Waals surface area contributed by atoms with Crippen LogP contribution in [0.2, 0.25) is 0 Å². The molecule has 0 saturated heterocycles. The predicted molar refractivity (Wildman–Crippen MR) is 231 cm³/mol. The smallest absolute Gasteiger partial charge is 0.143 e. The van der Waals surface area contributed by atoms with Gasteiger partial charge in [-0.2, -0.15) is 0 Å². The van der Waals surface area contributed by atoms with Crippen LogP contribution in [0.3, 0.4) is 0 Å². The van der Waals surface area contributed by atoms with Crippen molar-refractivity contribution < 1.29 is 4.42 Å². The van der Waals surface area contributed by atoms with Gasteiger partial charge < -0.3 is 14.3 Å². The second-order valence-corrected chi connectivity index (χ2v) is 14.8. The Labute approximate surface area is 324 Å². The van der Waals surface area contributed by atoms with Gasteiger partial charge >= 0.3 is 0 Å². The molecule has 0 fully saturated rings. The lowest BCUT2D eigenvalue weighted by Crippen LogP contribution is -2.47. The second-order valence-electron chi connectivity index (χ2n) is 14.8. The van der Waals surface area contributed by atoms with Crippen molar-refractivity contribution >= 4 is 49.6 Å². The van der Waals surface area contributed by atoms with Gasteiger partial charge in [-0.3, -0.25) is 5.32 Å². The molecular weight excluding hydrogens is 685 g/mol. The minimum atomic E-state index is -0.232. The van der Waals surface area contributed by atoms with E-state index < -0.39 is 0 Å². The first-order valence-electron chi connectivity index (χ1n) is 19.4. The van der Waals surface area contributed by atoms with E-state index in [0.29, 0.717) is 0 Å². The quantitative estimate of drug-likeness (QED) is 0.180. The molecule has 1 aliphatic heterocycles. The van der Waals surface area contributed by atoms with Gasteiger partial charge in [0.15, 0.2) is 0 Å².